The molecule has 0 amide bonds. The van der Waals surface area contributed by atoms with Crippen molar-refractivity contribution in [3.63, 3.8) is 0 Å². The Hall–Kier alpha value is -0.860. The standard InChI is InChI=1S/C11H8ClIN2O2S/c1-17-10(16)9-5-18-11(15-9)14-8-3-2-6(12)4-7(8)13/h2-5H,1H3,(H,14,15). The average Bonchev–Trinajstić information content (AvgIpc) is 2.80. The molecule has 0 spiro atoms. The molecule has 0 bridgehead atoms. The second-order valence-electron chi connectivity index (χ2n) is 3.28. The van der Waals surface area contributed by atoms with E-state index in [1.807, 2.05) is 12.1 Å². The molecule has 94 valence electrons. The number of methoxy groups -OCH3 is 1. The lowest BCUT2D eigenvalue weighted by atomic mass is 10.3. The van der Waals surface area contributed by atoms with E-state index in [1.165, 1.54) is 18.4 Å². The number of carbonyl (C=O) groups excluding carboxylic acids is 1. The molecule has 18 heavy (non-hydrogen) atoms. The smallest absolute Gasteiger partial charge is 0.357 e. The third-order valence-electron chi connectivity index (χ3n) is 2.07. The molecule has 4 nitrogen and oxygen atoms in total. The van der Waals surface area contributed by atoms with Crippen molar-refractivity contribution in [2.24, 2.45) is 0 Å². The molecule has 7 heteroatoms. The lowest BCUT2D eigenvalue weighted by Crippen LogP contribution is -2.01. The van der Waals surface area contributed by atoms with Crippen LogP contribution in [-0.4, -0.2) is 18.1 Å². The van der Waals surface area contributed by atoms with Crippen LogP contribution in [0.4, 0.5) is 10.8 Å². The Balaban J connectivity index is 2.18. The molecule has 0 aliphatic heterocycles. The highest BCUT2D eigenvalue weighted by Gasteiger charge is 2.11. The molecule has 0 unspecified atom stereocenters. The molecule has 2 aromatic rings. The maximum absolute atomic E-state index is 11.3. The zero-order valence-electron chi connectivity index (χ0n) is 9.24. The van der Waals surface area contributed by atoms with Gasteiger partial charge in [0, 0.05) is 14.0 Å². The third kappa shape index (κ3) is 3.12. The summed E-state index contributed by atoms with van der Waals surface area (Å²) in [5.41, 5.74) is 1.19. The largest absolute Gasteiger partial charge is 0.464 e. The number of thiazole rings is 1. The van der Waals surface area contributed by atoms with Crippen LogP contribution < -0.4 is 5.32 Å². The highest BCUT2D eigenvalue weighted by atomic mass is 127. The van der Waals surface area contributed by atoms with Gasteiger partial charge in [-0.15, -0.1) is 11.3 Å². The Bertz CT molecular complexity index is 588. The van der Waals surface area contributed by atoms with Gasteiger partial charge in [-0.2, -0.15) is 0 Å². The van der Waals surface area contributed by atoms with Crippen LogP contribution in [0.5, 0.6) is 0 Å². The minimum atomic E-state index is -0.440. The van der Waals surface area contributed by atoms with Crippen LogP contribution >= 0.6 is 45.5 Å². The number of nitrogens with one attached hydrogen (secondary N) is 1. The van der Waals surface area contributed by atoms with Crippen LogP contribution in [0.2, 0.25) is 5.02 Å². The molecular formula is C11H8ClIN2O2S. The van der Waals surface area contributed by atoms with E-state index in [-0.39, 0.29) is 0 Å². The lowest BCUT2D eigenvalue weighted by Gasteiger charge is -2.05. The van der Waals surface area contributed by atoms with Crippen molar-refractivity contribution in [2.45, 2.75) is 0 Å². The number of rotatable bonds is 3. The Labute approximate surface area is 126 Å². The van der Waals surface area contributed by atoms with Crippen LogP contribution in [0, 0.1) is 3.57 Å². The highest BCUT2D eigenvalue weighted by Crippen LogP contribution is 2.27. The van der Waals surface area contributed by atoms with Crippen molar-refractivity contribution in [2.75, 3.05) is 12.4 Å². The van der Waals surface area contributed by atoms with Gasteiger partial charge in [-0.3, -0.25) is 0 Å². The molecule has 0 fully saturated rings. The molecule has 0 radical (unpaired) electrons. The zero-order chi connectivity index (χ0) is 13.1. The van der Waals surface area contributed by atoms with Crippen LogP contribution in [0.3, 0.4) is 0 Å². The Morgan fingerprint density at radius 2 is 2.33 bits per heavy atom. The molecule has 0 saturated carbocycles. The van der Waals surface area contributed by atoms with Crippen LogP contribution in [-0.2, 0) is 4.74 Å². The molecule has 0 aliphatic carbocycles. The van der Waals surface area contributed by atoms with E-state index in [0.29, 0.717) is 15.8 Å². The van der Waals surface area contributed by atoms with Gasteiger partial charge in [0.2, 0.25) is 0 Å². The second kappa shape index (κ2) is 5.85. The summed E-state index contributed by atoms with van der Waals surface area (Å²) in [6.07, 6.45) is 0. The summed E-state index contributed by atoms with van der Waals surface area (Å²) in [5.74, 6) is -0.440. The number of hydrogen-bond acceptors (Lipinski definition) is 5. The van der Waals surface area contributed by atoms with Crippen LogP contribution in [0.15, 0.2) is 23.6 Å². The van der Waals surface area contributed by atoms with E-state index in [1.54, 1.807) is 11.4 Å². The normalized spacial score (nSPS) is 10.2. The van der Waals surface area contributed by atoms with E-state index in [9.17, 15) is 4.79 Å². The van der Waals surface area contributed by atoms with Crippen LogP contribution in [0.1, 0.15) is 10.5 Å². The van der Waals surface area contributed by atoms with Crippen molar-refractivity contribution in [3.8, 4) is 0 Å². The van der Waals surface area contributed by atoms with Crippen molar-refractivity contribution in [3.05, 3.63) is 37.9 Å². The number of nitrogens with zero attached hydrogens (tertiary/aromatic N) is 1. The first-order valence-electron chi connectivity index (χ1n) is 4.86. The van der Waals surface area contributed by atoms with Gasteiger partial charge in [0.25, 0.3) is 0 Å². The lowest BCUT2D eigenvalue weighted by molar-refractivity contribution is 0.0595. The quantitative estimate of drug-likeness (QED) is 0.633. The number of hydrogen-bond donors (Lipinski definition) is 1. The van der Waals surface area contributed by atoms with E-state index in [4.69, 9.17) is 11.6 Å². The maximum atomic E-state index is 11.3. The average molecular weight is 395 g/mol. The molecule has 1 N–H and O–H groups in total. The van der Waals surface area contributed by atoms with Crippen molar-refractivity contribution >= 4 is 62.3 Å². The highest BCUT2D eigenvalue weighted by molar-refractivity contribution is 14.1. The van der Waals surface area contributed by atoms with Crippen molar-refractivity contribution < 1.29 is 9.53 Å². The third-order valence-corrected chi connectivity index (χ3v) is 3.96. The second-order valence-corrected chi connectivity index (χ2v) is 5.74. The summed E-state index contributed by atoms with van der Waals surface area (Å²) >= 11 is 9.40. The maximum Gasteiger partial charge on any atom is 0.357 e. The van der Waals surface area contributed by atoms with Gasteiger partial charge in [0.15, 0.2) is 10.8 Å². The monoisotopic (exact) mass is 394 g/mol. The van der Waals surface area contributed by atoms with Crippen molar-refractivity contribution in [1.29, 1.82) is 0 Å². The number of esters is 1. The fourth-order valence-electron chi connectivity index (χ4n) is 1.24. The number of aromatic nitrogens is 1. The molecule has 0 atom stereocenters. The predicted octanol–water partition coefficient (Wildman–Crippen LogP) is 3.93. The van der Waals surface area contributed by atoms with Crippen molar-refractivity contribution in [1.82, 2.24) is 4.98 Å². The SMILES string of the molecule is COC(=O)c1csc(Nc2ccc(Cl)cc2I)n1. The van der Waals surface area contributed by atoms with Gasteiger partial charge in [0.05, 0.1) is 12.8 Å². The van der Waals surface area contributed by atoms with Crippen LogP contribution in [0.25, 0.3) is 0 Å². The van der Waals surface area contributed by atoms with Gasteiger partial charge >= 0.3 is 5.97 Å². The summed E-state index contributed by atoms with van der Waals surface area (Å²) in [6, 6.07) is 5.50. The molecule has 1 aromatic heterocycles. The minimum Gasteiger partial charge on any atom is -0.464 e. The summed E-state index contributed by atoms with van der Waals surface area (Å²) < 4.78 is 5.58. The Morgan fingerprint density at radius 1 is 1.56 bits per heavy atom. The number of anilines is 2. The fourth-order valence-corrected chi connectivity index (χ4v) is 2.93. The molecule has 0 saturated heterocycles. The van der Waals surface area contributed by atoms with Gasteiger partial charge in [-0.25, -0.2) is 9.78 Å². The zero-order valence-corrected chi connectivity index (χ0v) is 13.0. The van der Waals surface area contributed by atoms with E-state index in [0.717, 1.165) is 9.26 Å². The summed E-state index contributed by atoms with van der Waals surface area (Å²) in [5, 5.41) is 6.10. The number of benzene rings is 1. The topological polar surface area (TPSA) is 51.2 Å². The van der Waals surface area contributed by atoms with Gasteiger partial charge in [-0.1, -0.05) is 11.6 Å². The first kappa shape index (κ1) is 13.6. The summed E-state index contributed by atoms with van der Waals surface area (Å²) in [7, 11) is 1.33. The molecular weight excluding hydrogens is 387 g/mol. The molecule has 2 rings (SSSR count). The number of carbonyl (C=O) groups is 1. The Morgan fingerprint density at radius 3 is 3.00 bits per heavy atom. The molecule has 1 heterocycles. The molecule has 0 aliphatic rings. The Kier molecular flexibility index (Phi) is 4.41. The van der Waals surface area contributed by atoms with E-state index >= 15 is 0 Å². The number of ether oxygens (including phenoxy) is 1. The molecule has 1 aromatic carbocycles. The number of halogens is 2. The van der Waals surface area contributed by atoms with Gasteiger partial charge in [0.1, 0.15) is 0 Å². The van der Waals surface area contributed by atoms with E-state index < -0.39 is 5.97 Å². The van der Waals surface area contributed by atoms with E-state index in [2.05, 4.69) is 37.6 Å². The summed E-state index contributed by atoms with van der Waals surface area (Å²) in [6.45, 7) is 0. The van der Waals surface area contributed by atoms with Gasteiger partial charge in [-0.05, 0) is 40.8 Å². The fraction of sp³-hybridized carbons (Fsp3) is 0.0909. The minimum absolute atomic E-state index is 0.300. The first-order chi connectivity index (χ1) is 8.60. The first-order valence-corrected chi connectivity index (χ1v) is 7.19. The van der Waals surface area contributed by atoms with Gasteiger partial charge < -0.3 is 10.1 Å². The predicted molar refractivity (Wildman–Crippen MR) is 80.9 cm³/mol. The summed E-state index contributed by atoms with van der Waals surface area (Å²) in [4.78, 5) is 15.4.